The minimum Gasteiger partial charge on any atom is -0.372 e. The quantitative estimate of drug-likeness (QED) is 0.510. The van der Waals surface area contributed by atoms with E-state index in [-0.39, 0.29) is 18.0 Å². The number of aromatic nitrogens is 4. The van der Waals surface area contributed by atoms with Gasteiger partial charge >= 0.3 is 6.18 Å². The van der Waals surface area contributed by atoms with Crippen molar-refractivity contribution in [3.63, 3.8) is 0 Å². The number of rotatable bonds is 6. The third-order valence-corrected chi connectivity index (χ3v) is 6.23. The topological polar surface area (TPSA) is 111 Å². The number of hydrogen-bond donors (Lipinski definition) is 4. The van der Waals surface area contributed by atoms with E-state index in [1.807, 2.05) is 18.9 Å². The number of aliphatic hydroxyl groups is 1. The fourth-order valence-corrected chi connectivity index (χ4v) is 4.46. The molecule has 2 aromatic heterocycles. The maximum Gasteiger partial charge on any atom is 0.434 e. The van der Waals surface area contributed by atoms with Crippen LogP contribution in [0.4, 0.5) is 36.4 Å². The Morgan fingerprint density at radius 3 is 2.55 bits per heavy atom. The second-order valence-electron chi connectivity index (χ2n) is 9.11. The summed E-state index contributed by atoms with van der Waals surface area (Å²) in [4.78, 5) is 18.4. The number of alkyl halides is 3. The van der Waals surface area contributed by atoms with E-state index in [1.54, 1.807) is 0 Å². The number of aryl methyl sites for hydroxylation is 1. The van der Waals surface area contributed by atoms with Gasteiger partial charge in [0, 0.05) is 19.6 Å². The smallest absolute Gasteiger partial charge is 0.372 e. The summed E-state index contributed by atoms with van der Waals surface area (Å²) in [5.41, 5.74) is 0.492. The fourth-order valence-electron chi connectivity index (χ4n) is 4.46. The predicted molar refractivity (Wildman–Crippen MR) is 119 cm³/mol. The van der Waals surface area contributed by atoms with Crippen LogP contribution in [0.3, 0.4) is 0 Å². The minimum absolute atomic E-state index is 0.105. The molecule has 0 aromatic carbocycles. The van der Waals surface area contributed by atoms with Gasteiger partial charge in [0.15, 0.2) is 11.5 Å². The Kier molecular flexibility index (Phi) is 6.21. The Morgan fingerprint density at radius 2 is 1.94 bits per heavy atom. The van der Waals surface area contributed by atoms with Gasteiger partial charge in [-0.2, -0.15) is 18.2 Å². The van der Waals surface area contributed by atoms with Gasteiger partial charge in [-0.15, -0.1) is 0 Å². The van der Waals surface area contributed by atoms with Crippen molar-refractivity contribution in [2.24, 2.45) is 11.8 Å². The SMILES string of the molecule is Cc1nc(N[C@H]2C[C@@H](CNc3cnc(C(F)(F)F)cn3)C2)nc2c1NC(O)[C@H](C(C)C)N2C. The number of anilines is 4. The monoisotopic (exact) mass is 466 g/mol. The number of nitrogens with one attached hydrogen (secondary N) is 3. The highest BCUT2D eigenvalue weighted by Crippen LogP contribution is 2.37. The molecule has 9 nitrogen and oxygen atoms in total. The summed E-state index contributed by atoms with van der Waals surface area (Å²) in [7, 11) is 1.93. The van der Waals surface area contributed by atoms with Gasteiger partial charge in [0.1, 0.15) is 17.7 Å². The van der Waals surface area contributed by atoms with Gasteiger partial charge in [0.2, 0.25) is 5.95 Å². The number of aliphatic hydroxyl groups excluding tert-OH is 1. The van der Waals surface area contributed by atoms with E-state index in [4.69, 9.17) is 4.98 Å². The van der Waals surface area contributed by atoms with E-state index >= 15 is 0 Å². The summed E-state index contributed by atoms with van der Waals surface area (Å²) < 4.78 is 37.7. The molecule has 33 heavy (non-hydrogen) atoms. The maximum atomic E-state index is 12.6. The molecular weight excluding hydrogens is 437 g/mol. The molecule has 2 atom stereocenters. The Labute approximate surface area is 190 Å². The van der Waals surface area contributed by atoms with Crippen molar-refractivity contribution in [2.45, 2.75) is 58.1 Å². The fraction of sp³-hybridized carbons (Fsp3) is 0.619. The van der Waals surface area contributed by atoms with Crippen LogP contribution in [-0.4, -0.2) is 56.9 Å². The van der Waals surface area contributed by atoms with Crippen LogP contribution >= 0.6 is 0 Å². The molecule has 1 unspecified atom stereocenters. The highest BCUT2D eigenvalue weighted by Gasteiger charge is 2.36. The first-order chi connectivity index (χ1) is 15.5. The van der Waals surface area contributed by atoms with Crippen LogP contribution in [-0.2, 0) is 6.18 Å². The van der Waals surface area contributed by atoms with Crippen LogP contribution in [0.1, 0.15) is 38.1 Å². The molecule has 0 amide bonds. The summed E-state index contributed by atoms with van der Waals surface area (Å²) in [6.07, 6.45) is -1.59. The summed E-state index contributed by atoms with van der Waals surface area (Å²) in [5.74, 6) is 2.21. The molecule has 2 aromatic rings. The van der Waals surface area contributed by atoms with E-state index < -0.39 is 18.1 Å². The molecule has 1 fully saturated rings. The third-order valence-electron chi connectivity index (χ3n) is 6.23. The summed E-state index contributed by atoms with van der Waals surface area (Å²) in [5, 5.41) is 20.0. The lowest BCUT2D eigenvalue weighted by Gasteiger charge is -2.42. The Hall–Kier alpha value is -2.89. The second kappa shape index (κ2) is 8.81. The van der Waals surface area contributed by atoms with Crippen molar-refractivity contribution in [1.29, 1.82) is 0 Å². The Bertz CT molecular complexity index is 979. The van der Waals surface area contributed by atoms with Crippen molar-refractivity contribution in [3.8, 4) is 0 Å². The van der Waals surface area contributed by atoms with Crippen molar-refractivity contribution in [1.82, 2.24) is 19.9 Å². The molecule has 0 saturated heterocycles. The average Bonchev–Trinajstić information content (AvgIpc) is 2.70. The molecule has 1 aliphatic heterocycles. The molecule has 12 heteroatoms. The number of halogens is 3. The van der Waals surface area contributed by atoms with Crippen LogP contribution in [0.5, 0.6) is 0 Å². The van der Waals surface area contributed by atoms with E-state index in [0.717, 1.165) is 42.4 Å². The van der Waals surface area contributed by atoms with Crippen molar-refractivity contribution < 1.29 is 18.3 Å². The maximum absolute atomic E-state index is 12.6. The largest absolute Gasteiger partial charge is 0.434 e. The van der Waals surface area contributed by atoms with E-state index in [9.17, 15) is 18.3 Å². The number of likely N-dealkylation sites (N-methyl/N-ethyl adjacent to an activating group) is 1. The zero-order valence-electron chi connectivity index (χ0n) is 19.0. The first-order valence-corrected chi connectivity index (χ1v) is 11.0. The highest BCUT2D eigenvalue weighted by molar-refractivity contribution is 5.72. The third kappa shape index (κ3) is 4.90. The van der Waals surface area contributed by atoms with Gasteiger partial charge in [0.25, 0.3) is 0 Å². The molecule has 4 rings (SSSR count). The Balaban J connectivity index is 1.31. The van der Waals surface area contributed by atoms with Gasteiger partial charge in [-0.25, -0.2) is 15.0 Å². The summed E-state index contributed by atoms with van der Waals surface area (Å²) in [6, 6.07) is 0.105. The molecule has 180 valence electrons. The lowest BCUT2D eigenvalue weighted by atomic mass is 9.80. The van der Waals surface area contributed by atoms with Crippen LogP contribution in [0.15, 0.2) is 12.4 Å². The number of hydrogen-bond acceptors (Lipinski definition) is 9. The number of fused-ring (bicyclic) bond motifs is 1. The minimum atomic E-state index is -4.49. The second-order valence-corrected chi connectivity index (χ2v) is 9.11. The molecule has 1 aliphatic carbocycles. The van der Waals surface area contributed by atoms with Gasteiger partial charge in [0.05, 0.1) is 24.1 Å². The van der Waals surface area contributed by atoms with E-state index in [0.29, 0.717) is 24.2 Å². The van der Waals surface area contributed by atoms with Crippen molar-refractivity contribution >= 4 is 23.3 Å². The molecule has 0 bridgehead atoms. The summed E-state index contributed by atoms with van der Waals surface area (Å²) >= 11 is 0. The molecular formula is C21H29F3N8O. The molecule has 0 radical (unpaired) electrons. The average molecular weight is 467 g/mol. The van der Waals surface area contributed by atoms with Gasteiger partial charge in [-0.3, -0.25) is 0 Å². The molecule has 3 heterocycles. The van der Waals surface area contributed by atoms with Crippen LogP contribution in [0, 0.1) is 18.8 Å². The predicted octanol–water partition coefficient (Wildman–Crippen LogP) is 3.10. The van der Waals surface area contributed by atoms with E-state index in [2.05, 4.69) is 44.7 Å². The Morgan fingerprint density at radius 1 is 1.21 bits per heavy atom. The lowest BCUT2D eigenvalue weighted by molar-refractivity contribution is -0.141. The first kappa shape index (κ1) is 23.3. The van der Waals surface area contributed by atoms with Crippen molar-refractivity contribution in [3.05, 3.63) is 23.8 Å². The zero-order chi connectivity index (χ0) is 23.9. The molecule has 4 N–H and O–H groups in total. The number of nitrogens with zero attached hydrogens (tertiary/aromatic N) is 5. The van der Waals surface area contributed by atoms with Crippen LogP contribution in [0.2, 0.25) is 0 Å². The highest BCUT2D eigenvalue weighted by atomic mass is 19.4. The normalized spacial score (nSPS) is 24.7. The zero-order valence-corrected chi connectivity index (χ0v) is 19.0. The molecule has 2 aliphatic rings. The van der Waals surface area contributed by atoms with Crippen LogP contribution in [0.25, 0.3) is 0 Å². The van der Waals surface area contributed by atoms with Gasteiger partial charge in [-0.1, -0.05) is 13.8 Å². The van der Waals surface area contributed by atoms with Gasteiger partial charge in [-0.05, 0) is 31.6 Å². The summed E-state index contributed by atoms with van der Waals surface area (Å²) in [6.45, 7) is 6.60. The van der Waals surface area contributed by atoms with Crippen LogP contribution < -0.4 is 20.9 Å². The molecule has 0 spiro atoms. The van der Waals surface area contributed by atoms with E-state index in [1.165, 1.54) is 0 Å². The van der Waals surface area contributed by atoms with Gasteiger partial charge < -0.3 is 26.0 Å². The van der Waals surface area contributed by atoms with Crippen molar-refractivity contribution in [2.75, 3.05) is 34.4 Å². The standard InChI is InChI=1S/C21H29F3N8O/c1-10(2)17-19(33)30-16-11(3)28-20(31-18(16)32(17)4)29-13-5-12(6-13)7-26-15-9-25-14(8-27-15)21(22,23)24/h8-10,12-13,17,19,30,33H,5-7H2,1-4H3,(H,26,27)(H,28,29,31)/t12-,13+,17-,19?/m0/s1. The molecule has 1 saturated carbocycles. The first-order valence-electron chi connectivity index (χ1n) is 11.0. The lowest BCUT2D eigenvalue weighted by Crippen LogP contribution is -2.52.